The number of benzene rings is 2. The summed E-state index contributed by atoms with van der Waals surface area (Å²) in [6, 6.07) is 12.5. The molecule has 0 aliphatic carbocycles. The lowest BCUT2D eigenvalue weighted by Gasteiger charge is -2.08. The zero-order valence-corrected chi connectivity index (χ0v) is 13.6. The Hall–Kier alpha value is -2.55. The topological polar surface area (TPSA) is 116 Å². The van der Waals surface area contributed by atoms with E-state index in [1.54, 1.807) is 24.3 Å². The van der Waals surface area contributed by atoms with Gasteiger partial charge in [-0.25, -0.2) is 18.5 Å². The minimum absolute atomic E-state index is 0.283. The molecule has 7 nitrogen and oxygen atoms in total. The van der Waals surface area contributed by atoms with Crippen LogP contribution in [-0.2, 0) is 10.0 Å². The number of sulfonamides is 1. The Morgan fingerprint density at radius 3 is 2.54 bits per heavy atom. The van der Waals surface area contributed by atoms with Gasteiger partial charge in [-0.05, 0) is 23.8 Å². The van der Waals surface area contributed by atoms with Crippen molar-refractivity contribution in [2.75, 3.05) is 0 Å². The first-order chi connectivity index (χ1) is 11.3. The number of rotatable bonds is 3. The Balaban J connectivity index is 2.30. The van der Waals surface area contributed by atoms with E-state index >= 15 is 0 Å². The molecular formula is C15H10ClN3O4S. The smallest absolute Gasteiger partial charge is 0.258 e. The van der Waals surface area contributed by atoms with E-state index in [4.69, 9.17) is 16.7 Å². The van der Waals surface area contributed by atoms with Crippen LogP contribution in [-0.4, -0.2) is 18.3 Å². The molecule has 0 unspecified atom stereocenters. The predicted octanol–water partition coefficient (Wildman–Crippen LogP) is 3.11. The van der Waals surface area contributed by atoms with E-state index in [9.17, 15) is 18.5 Å². The normalized spacial score (nSPS) is 11.6. The molecule has 0 spiro atoms. The number of para-hydroxylation sites is 1. The molecule has 0 aliphatic heterocycles. The van der Waals surface area contributed by atoms with Crippen LogP contribution >= 0.6 is 11.6 Å². The number of pyridine rings is 1. The van der Waals surface area contributed by atoms with Gasteiger partial charge in [0.2, 0.25) is 10.0 Å². The van der Waals surface area contributed by atoms with E-state index in [0.29, 0.717) is 16.6 Å². The lowest BCUT2D eigenvalue weighted by atomic mass is 10.0. The standard InChI is InChI=1S/C15H10ClN3O4S/c16-14-7-5-9-2-1-3-11(15(9)18-14)10-4-6-13(24(17,22)23)12(8-10)19(20)21/h1-8H,(H2,17,22,23). The maximum atomic E-state index is 11.5. The summed E-state index contributed by atoms with van der Waals surface area (Å²) in [6.45, 7) is 0. The molecule has 0 bridgehead atoms. The van der Waals surface area contributed by atoms with Crippen LogP contribution in [0.2, 0.25) is 5.15 Å². The molecule has 0 fully saturated rings. The Bertz CT molecular complexity index is 1080. The highest BCUT2D eigenvalue weighted by molar-refractivity contribution is 7.89. The van der Waals surface area contributed by atoms with Gasteiger partial charge in [-0.3, -0.25) is 10.1 Å². The van der Waals surface area contributed by atoms with Crippen LogP contribution in [0.1, 0.15) is 0 Å². The second kappa shape index (κ2) is 5.82. The number of nitrogens with zero attached hydrogens (tertiary/aromatic N) is 2. The number of aromatic nitrogens is 1. The van der Waals surface area contributed by atoms with Crippen molar-refractivity contribution in [3.05, 3.63) is 63.8 Å². The lowest BCUT2D eigenvalue weighted by Crippen LogP contribution is -2.14. The third kappa shape index (κ3) is 2.94. The average Bonchev–Trinajstić information content (AvgIpc) is 2.52. The molecular weight excluding hydrogens is 354 g/mol. The molecule has 122 valence electrons. The van der Waals surface area contributed by atoms with Gasteiger partial charge >= 0.3 is 0 Å². The van der Waals surface area contributed by atoms with Gasteiger partial charge in [0.1, 0.15) is 5.15 Å². The minimum Gasteiger partial charge on any atom is -0.258 e. The Labute approximate surface area is 141 Å². The zero-order valence-electron chi connectivity index (χ0n) is 12.0. The first-order valence-corrected chi connectivity index (χ1v) is 8.57. The first-order valence-electron chi connectivity index (χ1n) is 6.64. The SMILES string of the molecule is NS(=O)(=O)c1ccc(-c2cccc3ccc(Cl)nc23)cc1[N+](=O)[O-]. The number of halogens is 1. The molecule has 1 heterocycles. The van der Waals surface area contributed by atoms with Crippen molar-refractivity contribution < 1.29 is 13.3 Å². The fraction of sp³-hybridized carbons (Fsp3) is 0. The van der Waals surface area contributed by atoms with Gasteiger partial charge in [-0.1, -0.05) is 35.9 Å². The fourth-order valence-electron chi connectivity index (χ4n) is 2.42. The number of nitro benzene ring substituents is 1. The number of hydrogen-bond donors (Lipinski definition) is 1. The van der Waals surface area contributed by atoms with Crippen molar-refractivity contribution in [2.45, 2.75) is 4.90 Å². The van der Waals surface area contributed by atoms with Gasteiger partial charge in [-0.2, -0.15) is 0 Å². The second-order valence-electron chi connectivity index (χ2n) is 5.00. The minimum atomic E-state index is -4.21. The summed E-state index contributed by atoms with van der Waals surface area (Å²) in [4.78, 5) is 14.1. The maximum absolute atomic E-state index is 11.5. The molecule has 2 aromatic carbocycles. The third-order valence-electron chi connectivity index (χ3n) is 3.46. The van der Waals surface area contributed by atoms with Crippen molar-refractivity contribution >= 4 is 38.2 Å². The quantitative estimate of drug-likeness (QED) is 0.436. The molecule has 0 saturated carbocycles. The Morgan fingerprint density at radius 2 is 1.88 bits per heavy atom. The van der Waals surface area contributed by atoms with E-state index in [0.717, 1.165) is 17.5 Å². The highest BCUT2D eigenvalue weighted by atomic mass is 35.5. The molecule has 3 aromatic rings. The summed E-state index contributed by atoms with van der Waals surface area (Å²) in [5.41, 5.74) is 1.00. The van der Waals surface area contributed by atoms with Gasteiger partial charge in [0.05, 0.1) is 10.4 Å². The number of fused-ring (bicyclic) bond motifs is 1. The molecule has 0 atom stereocenters. The summed E-state index contributed by atoms with van der Waals surface area (Å²) in [7, 11) is -4.21. The number of nitrogens with two attached hydrogens (primary N) is 1. The molecule has 24 heavy (non-hydrogen) atoms. The summed E-state index contributed by atoms with van der Waals surface area (Å²) in [5.74, 6) is 0. The van der Waals surface area contributed by atoms with Gasteiger partial charge in [0.25, 0.3) is 5.69 Å². The third-order valence-corrected chi connectivity index (χ3v) is 4.63. The zero-order chi connectivity index (χ0) is 17.5. The van der Waals surface area contributed by atoms with Crippen LogP contribution < -0.4 is 5.14 Å². The predicted molar refractivity (Wildman–Crippen MR) is 90.2 cm³/mol. The Kier molecular flexibility index (Phi) is 3.96. The largest absolute Gasteiger partial charge is 0.289 e. The van der Waals surface area contributed by atoms with Gasteiger partial charge in [0, 0.05) is 17.0 Å². The second-order valence-corrected chi connectivity index (χ2v) is 6.91. The molecule has 1 aromatic heterocycles. The monoisotopic (exact) mass is 363 g/mol. The summed E-state index contributed by atoms with van der Waals surface area (Å²) < 4.78 is 23.0. The van der Waals surface area contributed by atoms with Gasteiger partial charge < -0.3 is 0 Å². The van der Waals surface area contributed by atoms with Gasteiger partial charge in [0.15, 0.2) is 4.90 Å². The fourth-order valence-corrected chi connectivity index (χ4v) is 3.25. The average molecular weight is 364 g/mol. The van der Waals surface area contributed by atoms with Crippen molar-refractivity contribution in [3.63, 3.8) is 0 Å². The van der Waals surface area contributed by atoms with Gasteiger partial charge in [-0.15, -0.1) is 0 Å². The van der Waals surface area contributed by atoms with Crippen LogP contribution in [0, 0.1) is 10.1 Å². The van der Waals surface area contributed by atoms with Crippen LogP contribution in [0.4, 0.5) is 5.69 Å². The molecule has 2 N–H and O–H groups in total. The van der Waals surface area contributed by atoms with E-state index in [1.165, 1.54) is 6.07 Å². The van der Waals surface area contributed by atoms with Crippen LogP contribution in [0.3, 0.4) is 0 Å². The summed E-state index contributed by atoms with van der Waals surface area (Å²) in [6.07, 6.45) is 0. The molecule has 9 heteroatoms. The van der Waals surface area contributed by atoms with Crippen molar-refractivity contribution in [2.24, 2.45) is 5.14 Å². The lowest BCUT2D eigenvalue weighted by molar-refractivity contribution is -0.387. The van der Waals surface area contributed by atoms with Crippen molar-refractivity contribution in [3.8, 4) is 11.1 Å². The summed E-state index contributed by atoms with van der Waals surface area (Å²) >= 11 is 5.93. The van der Waals surface area contributed by atoms with E-state index in [-0.39, 0.29) is 5.15 Å². The summed E-state index contributed by atoms with van der Waals surface area (Å²) in [5, 5.41) is 17.3. The molecule has 0 aliphatic rings. The molecule has 0 amide bonds. The first kappa shape index (κ1) is 16.3. The molecule has 0 saturated heterocycles. The van der Waals surface area contributed by atoms with Crippen LogP contribution in [0.5, 0.6) is 0 Å². The molecule has 0 radical (unpaired) electrons. The van der Waals surface area contributed by atoms with Crippen molar-refractivity contribution in [1.82, 2.24) is 4.98 Å². The maximum Gasteiger partial charge on any atom is 0.289 e. The Morgan fingerprint density at radius 1 is 1.12 bits per heavy atom. The highest BCUT2D eigenvalue weighted by Crippen LogP contribution is 2.33. The highest BCUT2D eigenvalue weighted by Gasteiger charge is 2.23. The number of hydrogen-bond acceptors (Lipinski definition) is 5. The van der Waals surface area contributed by atoms with E-state index in [1.807, 2.05) is 6.07 Å². The van der Waals surface area contributed by atoms with Crippen LogP contribution in [0.25, 0.3) is 22.0 Å². The van der Waals surface area contributed by atoms with E-state index in [2.05, 4.69) is 4.98 Å². The van der Waals surface area contributed by atoms with Crippen LogP contribution in [0.15, 0.2) is 53.4 Å². The van der Waals surface area contributed by atoms with E-state index < -0.39 is 25.5 Å². The molecule has 3 rings (SSSR count). The van der Waals surface area contributed by atoms with Crippen molar-refractivity contribution in [1.29, 1.82) is 0 Å². The number of nitro groups is 1. The number of primary sulfonamides is 1.